The first kappa shape index (κ1) is 20.2. The summed E-state index contributed by atoms with van der Waals surface area (Å²) in [6.07, 6.45) is 1.77. The Balaban J connectivity index is 0. The fourth-order valence-electron chi connectivity index (χ4n) is 1.15. The molecular formula is C12H20O8. The molecule has 0 saturated heterocycles. The topological polar surface area (TPSA) is 149 Å². The van der Waals surface area contributed by atoms with Crippen molar-refractivity contribution in [2.75, 3.05) is 0 Å². The number of unbranched alkanes of at least 4 members (excludes halogenated alkanes) is 1. The van der Waals surface area contributed by atoms with E-state index in [0.29, 0.717) is 6.42 Å². The fourth-order valence-corrected chi connectivity index (χ4v) is 1.15. The minimum atomic E-state index is -1.24. The summed E-state index contributed by atoms with van der Waals surface area (Å²) in [5, 5.41) is 32.8. The highest BCUT2D eigenvalue weighted by Crippen LogP contribution is 2.08. The van der Waals surface area contributed by atoms with Crippen LogP contribution < -0.4 is 0 Å². The number of carboxylic acids is 4. The molecule has 116 valence electrons. The zero-order valence-electron chi connectivity index (χ0n) is 11.2. The number of hydrogen-bond acceptors (Lipinski definition) is 4. The summed E-state index contributed by atoms with van der Waals surface area (Å²) < 4.78 is 0. The molecule has 0 aromatic heterocycles. The molecule has 8 nitrogen and oxygen atoms in total. The van der Waals surface area contributed by atoms with E-state index in [1.54, 1.807) is 0 Å². The zero-order valence-corrected chi connectivity index (χ0v) is 11.2. The molecule has 0 atom stereocenters. The van der Waals surface area contributed by atoms with Gasteiger partial charge in [0.2, 0.25) is 0 Å². The van der Waals surface area contributed by atoms with Crippen LogP contribution in [-0.2, 0) is 19.2 Å². The molecule has 0 bridgehead atoms. The molecule has 0 aromatic carbocycles. The van der Waals surface area contributed by atoms with Crippen LogP contribution in [0.3, 0.4) is 0 Å². The van der Waals surface area contributed by atoms with E-state index >= 15 is 0 Å². The van der Waals surface area contributed by atoms with Crippen LogP contribution in [0.25, 0.3) is 0 Å². The minimum absolute atomic E-state index is 0.0632. The van der Waals surface area contributed by atoms with Gasteiger partial charge in [-0.05, 0) is 12.8 Å². The molecule has 20 heavy (non-hydrogen) atoms. The summed E-state index contributed by atoms with van der Waals surface area (Å²) in [7, 11) is 0. The Kier molecular flexibility index (Phi) is 12.1. The lowest BCUT2D eigenvalue weighted by atomic mass is 10.0. The van der Waals surface area contributed by atoms with Gasteiger partial charge in [0.1, 0.15) is 0 Å². The summed E-state index contributed by atoms with van der Waals surface area (Å²) in [6, 6.07) is 0. The molecule has 0 amide bonds. The number of aliphatic carboxylic acids is 4. The Bertz CT molecular complexity index is 308. The first-order valence-corrected chi connectivity index (χ1v) is 6.11. The smallest absolute Gasteiger partial charge is 0.317 e. The number of hydrogen-bond donors (Lipinski definition) is 4. The van der Waals surface area contributed by atoms with Crippen LogP contribution in [0.2, 0.25) is 0 Å². The molecule has 0 unspecified atom stereocenters. The molecule has 0 fully saturated rings. The van der Waals surface area contributed by atoms with Gasteiger partial charge in [0.25, 0.3) is 0 Å². The molecule has 0 aromatic rings. The lowest BCUT2D eigenvalue weighted by Gasteiger charge is -2.04. The van der Waals surface area contributed by atoms with Gasteiger partial charge in [-0.2, -0.15) is 0 Å². The van der Waals surface area contributed by atoms with Crippen LogP contribution in [0, 0.1) is 5.92 Å². The van der Waals surface area contributed by atoms with Crippen LogP contribution in [0.15, 0.2) is 0 Å². The quantitative estimate of drug-likeness (QED) is 0.464. The third-order valence-corrected chi connectivity index (χ3v) is 2.22. The third kappa shape index (κ3) is 13.9. The molecule has 0 aliphatic heterocycles. The van der Waals surface area contributed by atoms with Crippen LogP contribution >= 0.6 is 0 Å². The summed E-state index contributed by atoms with van der Waals surface area (Å²) in [5.74, 6) is -5.61. The van der Waals surface area contributed by atoms with Crippen molar-refractivity contribution >= 4 is 23.9 Å². The Morgan fingerprint density at radius 1 is 0.800 bits per heavy atom. The average molecular weight is 292 g/mol. The van der Waals surface area contributed by atoms with E-state index in [-0.39, 0.29) is 25.7 Å². The second-order valence-electron chi connectivity index (χ2n) is 4.01. The molecule has 0 spiro atoms. The monoisotopic (exact) mass is 292 g/mol. The Morgan fingerprint density at radius 2 is 1.20 bits per heavy atom. The molecule has 0 heterocycles. The Morgan fingerprint density at radius 3 is 1.45 bits per heavy atom. The van der Waals surface area contributed by atoms with Gasteiger partial charge in [-0.1, -0.05) is 19.8 Å². The lowest BCUT2D eigenvalue weighted by molar-refractivity contribution is -0.155. The summed E-state index contributed by atoms with van der Waals surface area (Å²) in [5.41, 5.74) is 0. The maximum Gasteiger partial charge on any atom is 0.317 e. The van der Waals surface area contributed by atoms with Crippen molar-refractivity contribution in [2.45, 2.75) is 45.4 Å². The molecule has 8 heteroatoms. The van der Waals surface area contributed by atoms with Gasteiger partial charge >= 0.3 is 23.9 Å². The fraction of sp³-hybridized carbons (Fsp3) is 0.667. The standard InChI is InChI=1S/C7H12O4.C5H8O4/c1-2-3-4-5(6(8)9)7(10)11;6-4(7)2-1-3-5(8)9/h5H,2-4H2,1H3,(H,8,9)(H,10,11);1-3H2,(H,6,7)(H,8,9). The van der Waals surface area contributed by atoms with Gasteiger partial charge in [-0.25, -0.2) is 0 Å². The Labute approximate surface area is 116 Å². The van der Waals surface area contributed by atoms with Gasteiger partial charge in [-0.15, -0.1) is 0 Å². The molecule has 0 aliphatic rings. The van der Waals surface area contributed by atoms with Crippen molar-refractivity contribution in [3.8, 4) is 0 Å². The van der Waals surface area contributed by atoms with Crippen LogP contribution in [-0.4, -0.2) is 44.3 Å². The van der Waals surface area contributed by atoms with Gasteiger partial charge in [0, 0.05) is 12.8 Å². The summed E-state index contributed by atoms with van der Waals surface area (Å²) in [6.45, 7) is 1.89. The summed E-state index contributed by atoms with van der Waals surface area (Å²) in [4.78, 5) is 40.1. The molecular weight excluding hydrogens is 272 g/mol. The van der Waals surface area contributed by atoms with Crippen molar-refractivity contribution in [1.82, 2.24) is 0 Å². The predicted octanol–water partition coefficient (Wildman–Crippen LogP) is 1.29. The van der Waals surface area contributed by atoms with E-state index < -0.39 is 29.8 Å². The SMILES string of the molecule is CCCCC(C(=O)O)C(=O)O.O=C(O)CCCC(=O)O. The predicted molar refractivity (Wildman–Crippen MR) is 67.4 cm³/mol. The van der Waals surface area contributed by atoms with E-state index in [1.165, 1.54) is 0 Å². The van der Waals surface area contributed by atoms with E-state index in [1.807, 2.05) is 6.92 Å². The van der Waals surface area contributed by atoms with Gasteiger partial charge in [0.05, 0.1) is 0 Å². The van der Waals surface area contributed by atoms with E-state index in [0.717, 1.165) is 6.42 Å². The highest BCUT2D eigenvalue weighted by Gasteiger charge is 2.24. The molecule has 0 rings (SSSR count). The van der Waals surface area contributed by atoms with Crippen LogP contribution in [0.1, 0.15) is 45.4 Å². The second-order valence-corrected chi connectivity index (χ2v) is 4.01. The Hall–Kier alpha value is -2.12. The lowest BCUT2D eigenvalue weighted by Crippen LogP contribution is -2.22. The average Bonchev–Trinajstić information content (AvgIpc) is 2.28. The highest BCUT2D eigenvalue weighted by molar-refractivity contribution is 5.92. The van der Waals surface area contributed by atoms with Gasteiger partial charge in [-0.3, -0.25) is 19.2 Å². The van der Waals surface area contributed by atoms with Crippen LogP contribution in [0.5, 0.6) is 0 Å². The third-order valence-electron chi connectivity index (χ3n) is 2.22. The van der Waals surface area contributed by atoms with Crippen molar-refractivity contribution in [2.24, 2.45) is 5.92 Å². The zero-order chi connectivity index (χ0) is 16.1. The van der Waals surface area contributed by atoms with E-state index in [2.05, 4.69) is 0 Å². The number of rotatable bonds is 9. The molecule has 0 radical (unpaired) electrons. The molecule has 0 aliphatic carbocycles. The van der Waals surface area contributed by atoms with Crippen LogP contribution in [0.4, 0.5) is 0 Å². The van der Waals surface area contributed by atoms with Gasteiger partial charge in [0.15, 0.2) is 5.92 Å². The molecule has 0 saturated carbocycles. The number of carbonyl (C=O) groups is 4. The maximum absolute atomic E-state index is 10.3. The summed E-state index contributed by atoms with van der Waals surface area (Å²) >= 11 is 0. The van der Waals surface area contributed by atoms with Crippen molar-refractivity contribution in [3.63, 3.8) is 0 Å². The highest BCUT2D eigenvalue weighted by atomic mass is 16.4. The minimum Gasteiger partial charge on any atom is -0.481 e. The van der Waals surface area contributed by atoms with E-state index in [9.17, 15) is 19.2 Å². The first-order valence-electron chi connectivity index (χ1n) is 6.11. The maximum atomic E-state index is 10.3. The van der Waals surface area contributed by atoms with Crippen molar-refractivity contribution in [3.05, 3.63) is 0 Å². The normalized spacial score (nSPS) is 9.50. The van der Waals surface area contributed by atoms with Crippen molar-refractivity contribution < 1.29 is 39.6 Å². The van der Waals surface area contributed by atoms with E-state index in [4.69, 9.17) is 20.4 Å². The number of carboxylic acid groups (broad SMARTS) is 4. The largest absolute Gasteiger partial charge is 0.481 e. The second kappa shape index (κ2) is 11.9. The van der Waals surface area contributed by atoms with Crippen molar-refractivity contribution in [1.29, 1.82) is 0 Å². The first-order chi connectivity index (χ1) is 9.22. The van der Waals surface area contributed by atoms with Gasteiger partial charge < -0.3 is 20.4 Å². The molecule has 4 N–H and O–H groups in total.